The normalized spacial score (nSPS) is 12.4. The first kappa shape index (κ1) is 37.6. The molecule has 0 radical (unpaired) electrons. The van der Waals surface area contributed by atoms with E-state index >= 15 is 8.78 Å². The third-order valence-electron chi connectivity index (χ3n) is 11.4. The molecule has 6 nitrogen and oxygen atoms in total. The number of halogens is 2. The molecule has 2 aromatic heterocycles. The number of aromatic nitrogens is 6. The second kappa shape index (κ2) is 15.6. The summed E-state index contributed by atoms with van der Waals surface area (Å²) in [6.07, 6.45) is 0. The fraction of sp³-hybridized carbons (Fsp3) is 0.0182. The molecule has 1 aliphatic rings. The van der Waals surface area contributed by atoms with Crippen molar-refractivity contribution < 1.29 is 8.78 Å². The van der Waals surface area contributed by atoms with Gasteiger partial charge < -0.3 is 0 Å². The zero-order valence-electron chi connectivity index (χ0n) is 33.6. The lowest BCUT2D eigenvalue weighted by atomic mass is 9.97. The van der Waals surface area contributed by atoms with E-state index in [9.17, 15) is 0 Å². The Balaban J connectivity index is 0.875. The van der Waals surface area contributed by atoms with E-state index in [1.807, 2.05) is 182 Å². The van der Waals surface area contributed by atoms with Crippen LogP contribution in [0.1, 0.15) is 11.1 Å². The predicted molar refractivity (Wildman–Crippen MR) is 245 cm³/mol. The first-order chi connectivity index (χ1) is 30.9. The van der Waals surface area contributed by atoms with E-state index in [0.29, 0.717) is 57.2 Å². The maximum absolute atomic E-state index is 16.6. The molecular weight excluding hydrogens is 783 g/mol. The summed E-state index contributed by atoms with van der Waals surface area (Å²) in [7, 11) is 0. The first-order valence-electron chi connectivity index (χ1n) is 20.6. The summed E-state index contributed by atoms with van der Waals surface area (Å²) in [5.41, 5.74) is 9.14. The first-order valence-corrected chi connectivity index (χ1v) is 20.6. The van der Waals surface area contributed by atoms with Crippen molar-refractivity contribution in [1.82, 2.24) is 29.9 Å². The molecule has 10 aromatic rings. The Labute approximate surface area is 362 Å². The van der Waals surface area contributed by atoms with Crippen LogP contribution < -0.4 is 0 Å². The van der Waals surface area contributed by atoms with E-state index in [2.05, 4.69) is 0 Å². The van der Waals surface area contributed by atoms with Crippen LogP contribution in [0.4, 0.5) is 8.78 Å². The lowest BCUT2D eigenvalue weighted by molar-refractivity contribution is 0.0481. The zero-order chi connectivity index (χ0) is 42.3. The largest absolute Gasteiger partial charge is 0.299 e. The molecule has 1 aliphatic carbocycles. The molecule has 8 heteroatoms. The van der Waals surface area contributed by atoms with Gasteiger partial charge in [-0.05, 0) is 45.5 Å². The number of benzene rings is 8. The van der Waals surface area contributed by atoms with Crippen molar-refractivity contribution in [3.63, 3.8) is 0 Å². The van der Waals surface area contributed by atoms with Crippen molar-refractivity contribution in [2.75, 3.05) is 0 Å². The Morgan fingerprint density at radius 1 is 0.238 bits per heavy atom. The summed E-state index contributed by atoms with van der Waals surface area (Å²) in [6.45, 7) is 0. The molecule has 0 amide bonds. The molecule has 2 heterocycles. The highest BCUT2D eigenvalue weighted by Gasteiger charge is 2.44. The number of nitrogens with zero attached hydrogens (tertiary/aromatic N) is 6. The van der Waals surface area contributed by atoms with Crippen LogP contribution in [0, 0.1) is 0 Å². The van der Waals surface area contributed by atoms with E-state index in [0.717, 1.165) is 44.5 Å². The van der Waals surface area contributed by atoms with Gasteiger partial charge in [0.25, 0.3) is 5.92 Å². The summed E-state index contributed by atoms with van der Waals surface area (Å²) >= 11 is 0. The number of alkyl halides is 2. The van der Waals surface area contributed by atoms with Gasteiger partial charge in [-0.15, -0.1) is 0 Å². The minimum Gasteiger partial charge on any atom is -0.208 e. The minimum absolute atomic E-state index is 0.0117. The maximum atomic E-state index is 16.6. The SMILES string of the molecule is FC1(F)c2cc(-c3ccc(-c4nc(-c5ccccc5)nc(-c5ccccc5)n4)cc3)ccc2-c2ccc(-c3ccc(-c4nc(-c5ccccc5)nc(-c5ccccc5)n4)cc3)cc21. The summed E-state index contributed by atoms with van der Waals surface area (Å²) in [6, 6.07) is 65.3. The predicted octanol–water partition coefficient (Wildman–Crippen LogP) is 13.5. The average Bonchev–Trinajstić information content (AvgIpc) is 3.59. The van der Waals surface area contributed by atoms with Crippen LogP contribution in [-0.4, -0.2) is 29.9 Å². The second-order valence-electron chi connectivity index (χ2n) is 15.3. The van der Waals surface area contributed by atoms with Crippen molar-refractivity contribution in [1.29, 1.82) is 0 Å². The van der Waals surface area contributed by atoms with E-state index in [1.165, 1.54) is 0 Å². The Morgan fingerprint density at radius 2 is 0.460 bits per heavy atom. The number of rotatable bonds is 8. The molecule has 63 heavy (non-hydrogen) atoms. The van der Waals surface area contributed by atoms with Gasteiger partial charge in [-0.25, -0.2) is 29.9 Å². The Hall–Kier alpha value is -8.36. The van der Waals surface area contributed by atoms with Gasteiger partial charge in [-0.1, -0.05) is 194 Å². The van der Waals surface area contributed by atoms with E-state index in [4.69, 9.17) is 29.9 Å². The van der Waals surface area contributed by atoms with Gasteiger partial charge in [0.05, 0.1) is 0 Å². The molecule has 0 unspecified atom stereocenters. The van der Waals surface area contributed by atoms with Crippen molar-refractivity contribution >= 4 is 0 Å². The molecule has 0 bridgehead atoms. The lowest BCUT2D eigenvalue weighted by Crippen LogP contribution is -2.11. The van der Waals surface area contributed by atoms with Gasteiger partial charge in [0, 0.05) is 44.5 Å². The van der Waals surface area contributed by atoms with Crippen LogP contribution in [-0.2, 0) is 5.92 Å². The van der Waals surface area contributed by atoms with E-state index in [1.54, 1.807) is 24.3 Å². The van der Waals surface area contributed by atoms with E-state index in [-0.39, 0.29) is 11.1 Å². The topological polar surface area (TPSA) is 77.3 Å². The van der Waals surface area contributed by atoms with Crippen LogP contribution in [0.25, 0.3) is 102 Å². The fourth-order valence-electron chi connectivity index (χ4n) is 8.08. The molecule has 0 aliphatic heterocycles. The average molecular weight is 817 g/mol. The zero-order valence-corrected chi connectivity index (χ0v) is 33.6. The van der Waals surface area contributed by atoms with Crippen LogP contribution in [0.2, 0.25) is 0 Å². The van der Waals surface area contributed by atoms with Crippen LogP contribution in [0.5, 0.6) is 0 Å². The minimum atomic E-state index is -3.20. The summed E-state index contributed by atoms with van der Waals surface area (Å²) < 4.78 is 33.1. The van der Waals surface area contributed by atoms with Crippen molar-refractivity contribution in [2.24, 2.45) is 0 Å². The van der Waals surface area contributed by atoms with Crippen LogP contribution in [0.15, 0.2) is 206 Å². The molecule has 11 rings (SSSR count). The van der Waals surface area contributed by atoms with Gasteiger partial charge in [0.1, 0.15) is 0 Å². The molecule has 0 atom stereocenters. The molecule has 8 aromatic carbocycles. The number of hydrogen-bond acceptors (Lipinski definition) is 6. The van der Waals surface area contributed by atoms with Gasteiger partial charge in [-0.2, -0.15) is 8.78 Å². The summed E-state index contributed by atoms with van der Waals surface area (Å²) in [5, 5.41) is 0. The molecule has 298 valence electrons. The number of hydrogen-bond donors (Lipinski definition) is 0. The molecule has 0 saturated heterocycles. The van der Waals surface area contributed by atoms with Gasteiger partial charge in [0.15, 0.2) is 34.9 Å². The highest BCUT2D eigenvalue weighted by molar-refractivity contribution is 5.85. The highest BCUT2D eigenvalue weighted by atomic mass is 19.3. The molecular formula is C55H34F2N6. The standard InChI is InChI=1S/C55H34F2N6/c56-55(57)47-33-43(35-21-25-41(26-22-35)53-60-49(37-13-5-1-6-14-37)58-50(61-53)38-15-7-2-8-16-38)29-31-45(47)46-32-30-44(34-48(46)55)36-23-27-42(28-24-36)54-62-51(39-17-9-3-10-18-39)59-52(63-54)40-19-11-4-12-20-40/h1-34H. The Morgan fingerprint density at radius 3 is 0.730 bits per heavy atom. The smallest absolute Gasteiger partial charge is 0.208 e. The van der Waals surface area contributed by atoms with Crippen molar-refractivity contribution in [3.8, 4) is 102 Å². The fourth-order valence-corrected chi connectivity index (χ4v) is 8.08. The van der Waals surface area contributed by atoms with Crippen molar-refractivity contribution in [3.05, 3.63) is 217 Å². The van der Waals surface area contributed by atoms with Crippen molar-refractivity contribution in [2.45, 2.75) is 5.92 Å². The number of fused-ring (bicyclic) bond motifs is 3. The Bertz CT molecular complexity index is 2940. The third kappa shape index (κ3) is 7.13. The molecule has 0 fully saturated rings. The van der Waals surface area contributed by atoms with Gasteiger partial charge in [-0.3, -0.25) is 0 Å². The summed E-state index contributed by atoms with van der Waals surface area (Å²) in [4.78, 5) is 28.9. The quantitative estimate of drug-likeness (QED) is 0.152. The van der Waals surface area contributed by atoms with Gasteiger partial charge >= 0.3 is 0 Å². The van der Waals surface area contributed by atoms with Gasteiger partial charge in [0.2, 0.25) is 0 Å². The van der Waals surface area contributed by atoms with Crippen LogP contribution >= 0.6 is 0 Å². The third-order valence-corrected chi connectivity index (χ3v) is 11.4. The lowest BCUT2D eigenvalue weighted by Gasteiger charge is -2.14. The Kier molecular flexibility index (Phi) is 9.31. The maximum Gasteiger partial charge on any atom is 0.299 e. The molecule has 0 spiro atoms. The molecule has 0 N–H and O–H groups in total. The monoisotopic (exact) mass is 816 g/mol. The van der Waals surface area contributed by atoms with E-state index < -0.39 is 5.92 Å². The molecule has 0 saturated carbocycles. The second-order valence-corrected chi connectivity index (χ2v) is 15.3. The highest BCUT2D eigenvalue weighted by Crippen LogP contribution is 2.53. The van der Waals surface area contributed by atoms with Crippen LogP contribution in [0.3, 0.4) is 0 Å². The summed E-state index contributed by atoms with van der Waals surface area (Å²) in [5.74, 6) is 0.123.